The summed E-state index contributed by atoms with van der Waals surface area (Å²) in [5.41, 5.74) is 2.27. The summed E-state index contributed by atoms with van der Waals surface area (Å²) in [6.45, 7) is 2.12. The lowest BCUT2D eigenvalue weighted by atomic mass is 10.2. The molecule has 0 saturated heterocycles. The second-order valence-corrected chi connectivity index (χ2v) is 6.82. The minimum Gasteiger partial charge on any atom is -0.481 e. The monoisotopic (exact) mass is 334 g/mol. The number of nitrogens with one attached hydrogen (secondary N) is 1. The van der Waals surface area contributed by atoms with Gasteiger partial charge in [-0.25, -0.2) is 13.1 Å². The van der Waals surface area contributed by atoms with Gasteiger partial charge in [0.1, 0.15) is 0 Å². The smallest absolute Gasteiger partial charge is 0.307 e. The third-order valence-corrected chi connectivity index (χ3v) is 4.74. The predicted molar refractivity (Wildman–Crippen MR) is 85.4 cm³/mol. The van der Waals surface area contributed by atoms with Gasteiger partial charge in [0.2, 0.25) is 10.0 Å². The molecule has 2 N–H and O–H groups in total. The molecule has 0 unspecified atom stereocenters. The van der Waals surface area contributed by atoms with E-state index in [1.165, 1.54) is 24.3 Å². The van der Waals surface area contributed by atoms with Crippen molar-refractivity contribution in [2.45, 2.75) is 31.2 Å². The van der Waals surface area contributed by atoms with Crippen molar-refractivity contribution in [1.29, 1.82) is 0 Å². The van der Waals surface area contributed by atoms with E-state index < -0.39 is 16.0 Å². The van der Waals surface area contributed by atoms with Crippen molar-refractivity contribution in [3.8, 4) is 0 Å². The van der Waals surface area contributed by atoms with Gasteiger partial charge in [0.05, 0.1) is 23.6 Å². The topological polar surface area (TPSA) is 96.4 Å². The summed E-state index contributed by atoms with van der Waals surface area (Å²) < 4.78 is 26.9. The first kappa shape index (κ1) is 17.1. The Kier molecular flexibility index (Phi) is 5.46. The molecule has 0 bridgehead atoms. The summed E-state index contributed by atoms with van der Waals surface area (Å²) >= 11 is 0. The Morgan fingerprint density at radius 2 is 1.78 bits per heavy atom. The van der Waals surface area contributed by atoms with Crippen LogP contribution in [0.5, 0.6) is 0 Å². The standard InChI is InChI=1S/C16H18N2O4S/c1-2-12-3-6-14(17-10-12)11-18-23(21,22)15-7-4-13(5-8-15)9-16(19)20/h3-8,10,18H,2,9,11H2,1H3,(H,19,20). The van der Waals surface area contributed by atoms with E-state index in [-0.39, 0.29) is 17.9 Å². The maximum absolute atomic E-state index is 12.2. The van der Waals surface area contributed by atoms with E-state index in [1.54, 1.807) is 12.3 Å². The Labute approximate surface area is 135 Å². The zero-order chi connectivity index (χ0) is 16.9. The van der Waals surface area contributed by atoms with Crippen LogP contribution in [0, 0.1) is 0 Å². The van der Waals surface area contributed by atoms with Crippen LogP contribution in [0.4, 0.5) is 0 Å². The van der Waals surface area contributed by atoms with Crippen LogP contribution in [0.15, 0.2) is 47.5 Å². The number of benzene rings is 1. The molecule has 0 amide bonds. The van der Waals surface area contributed by atoms with Crippen molar-refractivity contribution < 1.29 is 18.3 Å². The maximum atomic E-state index is 12.2. The summed E-state index contributed by atoms with van der Waals surface area (Å²) in [7, 11) is -3.66. The van der Waals surface area contributed by atoms with Crippen LogP contribution < -0.4 is 4.72 Å². The Morgan fingerprint density at radius 3 is 2.30 bits per heavy atom. The van der Waals surface area contributed by atoms with Crippen molar-refractivity contribution in [3.05, 3.63) is 59.4 Å². The molecular weight excluding hydrogens is 316 g/mol. The van der Waals surface area contributed by atoms with Gasteiger partial charge in [0.15, 0.2) is 0 Å². The molecule has 6 nitrogen and oxygen atoms in total. The molecule has 23 heavy (non-hydrogen) atoms. The number of pyridine rings is 1. The predicted octanol–water partition coefficient (Wildman–Crippen LogP) is 1.75. The molecule has 122 valence electrons. The first-order valence-corrected chi connectivity index (χ1v) is 8.63. The van der Waals surface area contributed by atoms with Crippen LogP contribution in [0.3, 0.4) is 0 Å². The highest BCUT2D eigenvalue weighted by atomic mass is 32.2. The molecule has 1 aromatic heterocycles. The van der Waals surface area contributed by atoms with E-state index in [0.29, 0.717) is 11.3 Å². The first-order valence-electron chi connectivity index (χ1n) is 7.15. The highest BCUT2D eigenvalue weighted by Gasteiger charge is 2.14. The van der Waals surface area contributed by atoms with Crippen LogP contribution in [0.1, 0.15) is 23.7 Å². The van der Waals surface area contributed by atoms with Gasteiger partial charge >= 0.3 is 5.97 Å². The lowest BCUT2D eigenvalue weighted by molar-refractivity contribution is -0.136. The molecular formula is C16H18N2O4S. The number of carbonyl (C=O) groups is 1. The van der Waals surface area contributed by atoms with Gasteiger partial charge < -0.3 is 5.11 Å². The fourth-order valence-electron chi connectivity index (χ4n) is 1.98. The van der Waals surface area contributed by atoms with E-state index in [9.17, 15) is 13.2 Å². The summed E-state index contributed by atoms with van der Waals surface area (Å²) in [5.74, 6) is -0.958. The average Bonchev–Trinajstić information content (AvgIpc) is 2.53. The van der Waals surface area contributed by atoms with Crippen LogP contribution in [-0.2, 0) is 34.2 Å². The normalized spacial score (nSPS) is 11.3. The fraction of sp³-hybridized carbons (Fsp3) is 0.250. The Morgan fingerprint density at radius 1 is 1.13 bits per heavy atom. The Balaban J connectivity index is 2.04. The summed E-state index contributed by atoms with van der Waals surface area (Å²) in [4.78, 5) is 14.9. The van der Waals surface area contributed by atoms with E-state index in [2.05, 4.69) is 9.71 Å². The van der Waals surface area contributed by atoms with Gasteiger partial charge in [-0.3, -0.25) is 9.78 Å². The third-order valence-electron chi connectivity index (χ3n) is 3.33. The van der Waals surface area contributed by atoms with Crippen molar-refractivity contribution >= 4 is 16.0 Å². The van der Waals surface area contributed by atoms with Crippen molar-refractivity contribution in [2.75, 3.05) is 0 Å². The average molecular weight is 334 g/mol. The molecule has 0 radical (unpaired) electrons. The highest BCUT2D eigenvalue weighted by Crippen LogP contribution is 2.12. The molecule has 0 aliphatic rings. The number of hydrogen-bond acceptors (Lipinski definition) is 4. The molecule has 0 aliphatic heterocycles. The number of aromatic nitrogens is 1. The minimum absolute atomic E-state index is 0.0943. The van der Waals surface area contributed by atoms with Crippen LogP contribution in [0.2, 0.25) is 0 Å². The number of rotatable bonds is 7. The van der Waals surface area contributed by atoms with Crippen LogP contribution >= 0.6 is 0 Å². The number of aliphatic carboxylic acids is 1. The van der Waals surface area contributed by atoms with E-state index >= 15 is 0 Å². The molecule has 7 heteroatoms. The quantitative estimate of drug-likeness (QED) is 0.804. The van der Waals surface area contributed by atoms with Crippen molar-refractivity contribution in [1.82, 2.24) is 9.71 Å². The number of sulfonamides is 1. The van der Waals surface area contributed by atoms with E-state index in [0.717, 1.165) is 12.0 Å². The lowest BCUT2D eigenvalue weighted by Gasteiger charge is -2.07. The zero-order valence-corrected chi connectivity index (χ0v) is 13.5. The molecule has 0 aliphatic carbocycles. The largest absolute Gasteiger partial charge is 0.481 e. The number of nitrogens with zero attached hydrogens (tertiary/aromatic N) is 1. The van der Waals surface area contributed by atoms with Gasteiger partial charge in [0.25, 0.3) is 0 Å². The molecule has 2 rings (SSSR count). The van der Waals surface area contributed by atoms with Gasteiger partial charge in [0, 0.05) is 6.20 Å². The SMILES string of the molecule is CCc1ccc(CNS(=O)(=O)c2ccc(CC(=O)O)cc2)nc1. The van der Waals surface area contributed by atoms with Crippen molar-refractivity contribution in [2.24, 2.45) is 0 Å². The Bertz CT molecular complexity index is 769. The second-order valence-electron chi connectivity index (χ2n) is 5.05. The van der Waals surface area contributed by atoms with Crippen LogP contribution in [0.25, 0.3) is 0 Å². The van der Waals surface area contributed by atoms with Gasteiger partial charge in [-0.2, -0.15) is 0 Å². The highest BCUT2D eigenvalue weighted by molar-refractivity contribution is 7.89. The number of carboxylic acid groups (broad SMARTS) is 1. The Hall–Kier alpha value is -2.25. The first-order chi connectivity index (χ1) is 10.9. The molecule has 0 spiro atoms. The number of carboxylic acids is 1. The molecule has 1 aromatic carbocycles. The molecule has 2 aromatic rings. The van der Waals surface area contributed by atoms with Crippen molar-refractivity contribution in [3.63, 3.8) is 0 Å². The molecule has 0 fully saturated rings. The third kappa shape index (κ3) is 4.87. The fourth-order valence-corrected chi connectivity index (χ4v) is 2.98. The number of hydrogen-bond donors (Lipinski definition) is 2. The molecule has 0 saturated carbocycles. The lowest BCUT2D eigenvalue weighted by Crippen LogP contribution is -2.23. The molecule has 0 atom stereocenters. The summed E-state index contributed by atoms with van der Waals surface area (Å²) in [5, 5.41) is 8.71. The van der Waals surface area contributed by atoms with E-state index in [1.807, 2.05) is 13.0 Å². The van der Waals surface area contributed by atoms with Crippen LogP contribution in [-0.4, -0.2) is 24.5 Å². The summed E-state index contributed by atoms with van der Waals surface area (Å²) in [6.07, 6.45) is 2.47. The second kappa shape index (κ2) is 7.34. The van der Waals surface area contributed by atoms with Gasteiger partial charge in [-0.15, -0.1) is 0 Å². The summed E-state index contributed by atoms with van der Waals surface area (Å²) in [6, 6.07) is 9.49. The minimum atomic E-state index is -3.66. The van der Waals surface area contributed by atoms with Gasteiger partial charge in [-0.1, -0.05) is 25.1 Å². The zero-order valence-electron chi connectivity index (χ0n) is 12.7. The number of aryl methyl sites for hydroxylation is 1. The van der Waals surface area contributed by atoms with Gasteiger partial charge in [-0.05, 0) is 35.7 Å². The maximum Gasteiger partial charge on any atom is 0.307 e. The van der Waals surface area contributed by atoms with E-state index in [4.69, 9.17) is 5.11 Å². The molecule has 1 heterocycles.